The zero-order valence-corrected chi connectivity index (χ0v) is 10.5. The Morgan fingerprint density at radius 3 is 2.81 bits per heavy atom. The minimum atomic E-state index is 0.709. The van der Waals surface area contributed by atoms with Gasteiger partial charge in [0.1, 0.15) is 0 Å². The molecule has 2 rings (SSSR count). The number of nitrogens with one attached hydrogen (secondary N) is 1. The second-order valence-electron chi connectivity index (χ2n) is 4.53. The highest BCUT2D eigenvalue weighted by Crippen LogP contribution is 2.16. The Morgan fingerprint density at radius 1 is 1.38 bits per heavy atom. The lowest BCUT2D eigenvalue weighted by atomic mass is 10.0. The molecule has 1 aliphatic rings. The second kappa shape index (κ2) is 5.67. The summed E-state index contributed by atoms with van der Waals surface area (Å²) in [6.45, 7) is 3.28. The van der Waals surface area contributed by atoms with E-state index >= 15 is 0 Å². The maximum Gasteiger partial charge on any atom is 0.0409 e. The van der Waals surface area contributed by atoms with Crippen LogP contribution in [-0.4, -0.2) is 31.1 Å². The van der Waals surface area contributed by atoms with E-state index < -0.39 is 0 Å². The van der Waals surface area contributed by atoms with Crippen molar-refractivity contribution in [3.8, 4) is 0 Å². The molecule has 1 aliphatic heterocycles. The normalized spacial score (nSPS) is 17.9. The number of benzene rings is 1. The number of hydrogen-bond acceptors (Lipinski definition) is 2. The van der Waals surface area contributed by atoms with Gasteiger partial charge in [-0.15, -0.1) is 0 Å². The molecule has 2 nitrogen and oxygen atoms in total. The fraction of sp³-hybridized carbons (Fsp3) is 0.538. The molecule has 1 aromatic rings. The Morgan fingerprint density at radius 2 is 2.12 bits per heavy atom. The molecule has 0 radical (unpaired) electrons. The van der Waals surface area contributed by atoms with E-state index in [1.54, 1.807) is 0 Å². The van der Waals surface area contributed by atoms with Gasteiger partial charge >= 0.3 is 0 Å². The molecule has 0 aromatic heterocycles. The highest BCUT2D eigenvalue weighted by atomic mass is 35.5. The van der Waals surface area contributed by atoms with Crippen LogP contribution in [0.25, 0.3) is 0 Å². The molecule has 1 saturated heterocycles. The number of hydrogen-bond donors (Lipinski definition) is 1. The summed E-state index contributed by atoms with van der Waals surface area (Å²) >= 11 is 5.99. The fourth-order valence-corrected chi connectivity index (χ4v) is 2.51. The van der Waals surface area contributed by atoms with Crippen LogP contribution >= 0.6 is 11.6 Å². The summed E-state index contributed by atoms with van der Waals surface area (Å²) in [4.78, 5) is 2.44. The lowest BCUT2D eigenvalue weighted by Crippen LogP contribution is -2.40. The Balaban J connectivity index is 1.93. The van der Waals surface area contributed by atoms with Crippen molar-refractivity contribution >= 4 is 11.6 Å². The monoisotopic (exact) mass is 238 g/mol. The third-order valence-corrected chi connectivity index (χ3v) is 3.49. The van der Waals surface area contributed by atoms with Gasteiger partial charge in [-0.2, -0.15) is 0 Å². The third-order valence-electron chi connectivity index (χ3n) is 3.25. The average Bonchev–Trinajstić information content (AvgIpc) is 2.30. The molecule has 0 spiro atoms. The van der Waals surface area contributed by atoms with Gasteiger partial charge in [-0.1, -0.05) is 23.7 Å². The minimum absolute atomic E-state index is 0.709. The van der Waals surface area contributed by atoms with Crippen LogP contribution in [0, 0.1) is 0 Å². The molecule has 88 valence electrons. The lowest BCUT2D eigenvalue weighted by Gasteiger charge is -2.31. The molecule has 16 heavy (non-hydrogen) atoms. The van der Waals surface area contributed by atoms with Gasteiger partial charge in [0.05, 0.1) is 0 Å². The smallest absolute Gasteiger partial charge is 0.0409 e. The van der Waals surface area contributed by atoms with E-state index in [0.717, 1.165) is 24.7 Å². The first kappa shape index (κ1) is 11.9. The van der Waals surface area contributed by atoms with Crippen LogP contribution in [0.1, 0.15) is 18.4 Å². The van der Waals surface area contributed by atoms with Crippen molar-refractivity contribution in [3.63, 3.8) is 0 Å². The molecular weight excluding hydrogens is 220 g/mol. The molecule has 1 N–H and O–H groups in total. The fourth-order valence-electron chi connectivity index (χ4n) is 2.30. The molecule has 3 heteroatoms. The van der Waals surface area contributed by atoms with Gasteiger partial charge in [-0.05, 0) is 50.7 Å². The van der Waals surface area contributed by atoms with Crippen LogP contribution in [0.3, 0.4) is 0 Å². The van der Waals surface area contributed by atoms with Crippen molar-refractivity contribution < 1.29 is 0 Å². The van der Waals surface area contributed by atoms with Crippen molar-refractivity contribution in [2.75, 3.05) is 20.1 Å². The number of piperidine rings is 1. The van der Waals surface area contributed by atoms with E-state index in [4.69, 9.17) is 11.6 Å². The maximum atomic E-state index is 5.99. The molecule has 0 amide bonds. The van der Waals surface area contributed by atoms with Crippen LogP contribution in [0.15, 0.2) is 24.3 Å². The summed E-state index contributed by atoms with van der Waals surface area (Å²) in [5, 5.41) is 4.22. The summed E-state index contributed by atoms with van der Waals surface area (Å²) in [6, 6.07) is 8.85. The van der Waals surface area contributed by atoms with Crippen molar-refractivity contribution in [1.82, 2.24) is 10.2 Å². The van der Waals surface area contributed by atoms with Crippen molar-refractivity contribution in [3.05, 3.63) is 34.9 Å². The molecule has 1 aromatic carbocycles. The van der Waals surface area contributed by atoms with Crippen molar-refractivity contribution in [2.45, 2.75) is 25.4 Å². The standard InChI is InChI=1S/C13H19ClN2/c1-16(13-5-7-15-8-6-13)10-11-3-2-4-12(14)9-11/h2-4,9,13,15H,5-8,10H2,1H3. The predicted molar refractivity (Wildman–Crippen MR) is 68.8 cm³/mol. The molecule has 0 aliphatic carbocycles. The van der Waals surface area contributed by atoms with Crippen molar-refractivity contribution in [2.24, 2.45) is 0 Å². The van der Waals surface area contributed by atoms with Crippen LogP contribution in [0.4, 0.5) is 0 Å². The zero-order chi connectivity index (χ0) is 11.4. The molecule has 0 saturated carbocycles. The number of nitrogens with zero attached hydrogens (tertiary/aromatic N) is 1. The molecule has 0 atom stereocenters. The van der Waals surface area contributed by atoms with Crippen LogP contribution in [0.5, 0.6) is 0 Å². The SMILES string of the molecule is CN(Cc1cccc(Cl)c1)C1CCNCC1. The Labute approximate surface area is 103 Å². The summed E-state index contributed by atoms with van der Waals surface area (Å²) in [5.74, 6) is 0. The third kappa shape index (κ3) is 3.21. The maximum absolute atomic E-state index is 5.99. The van der Waals surface area contributed by atoms with Crippen LogP contribution in [0.2, 0.25) is 5.02 Å². The van der Waals surface area contributed by atoms with Crippen LogP contribution < -0.4 is 5.32 Å². The number of halogens is 1. The Bertz CT molecular complexity index is 334. The van der Waals surface area contributed by atoms with Gasteiger partial charge in [0, 0.05) is 17.6 Å². The van der Waals surface area contributed by atoms with Gasteiger partial charge in [0.2, 0.25) is 0 Å². The van der Waals surface area contributed by atoms with E-state index in [0.29, 0.717) is 6.04 Å². The highest BCUT2D eigenvalue weighted by Gasteiger charge is 2.17. The van der Waals surface area contributed by atoms with Gasteiger partial charge in [-0.3, -0.25) is 4.90 Å². The Hall–Kier alpha value is -0.570. The van der Waals surface area contributed by atoms with Crippen LogP contribution in [-0.2, 0) is 6.54 Å². The first-order chi connectivity index (χ1) is 7.75. The van der Waals surface area contributed by atoms with Gasteiger partial charge in [-0.25, -0.2) is 0 Å². The quantitative estimate of drug-likeness (QED) is 0.871. The Kier molecular flexibility index (Phi) is 4.22. The molecule has 1 heterocycles. The average molecular weight is 239 g/mol. The topological polar surface area (TPSA) is 15.3 Å². The first-order valence-electron chi connectivity index (χ1n) is 5.91. The van der Waals surface area contributed by atoms with E-state index in [1.807, 2.05) is 12.1 Å². The van der Waals surface area contributed by atoms with Gasteiger partial charge < -0.3 is 5.32 Å². The zero-order valence-electron chi connectivity index (χ0n) is 9.75. The molecule has 0 bridgehead atoms. The highest BCUT2D eigenvalue weighted by molar-refractivity contribution is 6.30. The predicted octanol–water partition coefficient (Wildman–Crippen LogP) is 2.52. The summed E-state index contributed by atoms with van der Waals surface area (Å²) in [5.41, 5.74) is 1.30. The molecular formula is C13H19ClN2. The minimum Gasteiger partial charge on any atom is -0.317 e. The second-order valence-corrected chi connectivity index (χ2v) is 4.96. The van der Waals surface area contributed by atoms with E-state index in [-0.39, 0.29) is 0 Å². The van der Waals surface area contributed by atoms with E-state index in [1.165, 1.54) is 18.4 Å². The van der Waals surface area contributed by atoms with E-state index in [2.05, 4.69) is 29.4 Å². The van der Waals surface area contributed by atoms with Gasteiger partial charge in [0.25, 0.3) is 0 Å². The lowest BCUT2D eigenvalue weighted by molar-refractivity contribution is 0.192. The van der Waals surface area contributed by atoms with Crippen molar-refractivity contribution in [1.29, 1.82) is 0 Å². The molecule has 0 unspecified atom stereocenters. The summed E-state index contributed by atoms with van der Waals surface area (Å²) in [6.07, 6.45) is 2.49. The van der Waals surface area contributed by atoms with E-state index in [9.17, 15) is 0 Å². The summed E-state index contributed by atoms with van der Waals surface area (Å²) in [7, 11) is 2.21. The largest absolute Gasteiger partial charge is 0.317 e. The summed E-state index contributed by atoms with van der Waals surface area (Å²) < 4.78 is 0. The van der Waals surface area contributed by atoms with Gasteiger partial charge in [0.15, 0.2) is 0 Å². The number of rotatable bonds is 3. The first-order valence-corrected chi connectivity index (χ1v) is 6.29. The molecule has 1 fully saturated rings.